The van der Waals surface area contributed by atoms with E-state index >= 15 is 0 Å². The molecule has 0 spiro atoms. The molecule has 3 heteroatoms. The summed E-state index contributed by atoms with van der Waals surface area (Å²) in [5, 5.41) is 9.20. The molecule has 1 unspecified atom stereocenters. The van der Waals surface area contributed by atoms with Crippen LogP contribution in [0.2, 0.25) is 0 Å². The van der Waals surface area contributed by atoms with E-state index in [0.29, 0.717) is 11.0 Å². The van der Waals surface area contributed by atoms with Gasteiger partial charge in [0, 0.05) is 18.8 Å². The Hall–Kier alpha value is -1.09. The molecule has 112 valence electrons. The minimum Gasteiger partial charge on any atom is -0.392 e. The molecule has 1 aliphatic heterocycles. The summed E-state index contributed by atoms with van der Waals surface area (Å²) in [6, 6.07) is 4.89. The lowest BCUT2D eigenvalue weighted by atomic mass is 9.77. The Bertz CT molecular complexity index is 453. The fourth-order valence-electron chi connectivity index (χ4n) is 3.13. The molecular weight excluding hydrogens is 253 g/mol. The van der Waals surface area contributed by atoms with Crippen LogP contribution < -0.4 is 4.90 Å². The standard InChI is InChI=1S/C17H26FNO/c1-17(2,3)14-5-4-7-19(8-6-14)16-10-13(12-20)9-15(18)11-16/h9-11,14,20H,4-8,12H2,1-3H3. The van der Waals surface area contributed by atoms with Crippen molar-refractivity contribution in [2.24, 2.45) is 11.3 Å². The van der Waals surface area contributed by atoms with Gasteiger partial charge in [0.25, 0.3) is 0 Å². The highest BCUT2D eigenvalue weighted by molar-refractivity contribution is 5.49. The third-order valence-corrected chi connectivity index (χ3v) is 4.44. The molecule has 1 atom stereocenters. The molecule has 0 amide bonds. The average Bonchev–Trinajstić information content (AvgIpc) is 2.63. The van der Waals surface area contributed by atoms with Crippen LogP contribution in [0, 0.1) is 17.2 Å². The maximum absolute atomic E-state index is 13.6. The van der Waals surface area contributed by atoms with Gasteiger partial charge in [-0.05, 0) is 54.4 Å². The molecule has 1 saturated heterocycles. The topological polar surface area (TPSA) is 23.5 Å². The van der Waals surface area contributed by atoms with Crippen molar-refractivity contribution in [3.8, 4) is 0 Å². The molecule has 1 N–H and O–H groups in total. The zero-order valence-corrected chi connectivity index (χ0v) is 12.8. The lowest BCUT2D eigenvalue weighted by Gasteiger charge is -2.30. The molecule has 1 aromatic carbocycles. The first-order valence-electron chi connectivity index (χ1n) is 7.55. The SMILES string of the molecule is CC(C)(C)C1CCCN(c2cc(F)cc(CO)c2)CC1. The Morgan fingerprint density at radius 2 is 1.95 bits per heavy atom. The van der Waals surface area contributed by atoms with Crippen molar-refractivity contribution >= 4 is 5.69 Å². The van der Waals surface area contributed by atoms with Crippen LogP contribution in [0.25, 0.3) is 0 Å². The van der Waals surface area contributed by atoms with Gasteiger partial charge in [0.2, 0.25) is 0 Å². The van der Waals surface area contributed by atoms with Gasteiger partial charge in [0.1, 0.15) is 5.82 Å². The van der Waals surface area contributed by atoms with E-state index in [2.05, 4.69) is 25.7 Å². The summed E-state index contributed by atoms with van der Waals surface area (Å²) >= 11 is 0. The predicted octanol–water partition coefficient (Wildman–Crippen LogP) is 3.97. The first-order valence-corrected chi connectivity index (χ1v) is 7.55. The highest BCUT2D eigenvalue weighted by Gasteiger charge is 2.27. The first kappa shape index (κ1) is 15.3. The minimum atomic E-state index is -0.261. The van der Waals surface area contributed by atoms with Gasteiger partial charge in [-0.15, -0.1) is 0 Å². The second-order valence-corrected chi connectivity index (χ2v) is 6.96. The lowest BCUT2D eigenvalue weighted by Crippen LogP contribution is -2.26. The Morgan fingerprint density at radius 1 is 1.20 bits per heavy atom. The van der Waals surface area contributed by atoms with E-state index in [1.807, 2.05) is 6.07 Å². The van der Waals surface area contributed by atoms with E-state index < -0.39 is 0 Å². The van der Waals surface area contributed by atoms with Crippen molar-refractivity contribution in [1.29, 1.82) is 0 Å². The molecule has 0 radical (unpaired) electrons. The van der Waals surface area contributed by atoms with Crippen molar-refractivity contribution < 1.29 is 9.50 Å². The molecule has 0 aliphatic carbocycles. The van der Waals surface area contributed by atoms with Gasteiger partial charge >= 0.3 is 0 Å². The van der Waals surface area contributed by atoms with Crippen LogP contribution in [0.3, 0.4) is 0 Å². The molecule has 2 nitrogen and oxygen atoms in total. The first-order chi connectivity index (χ1) is 9.40. The van der Waals surface area contributed by atoms with Gasteiger partial charge in [0.05, 0.1) is 6.61 Å². The molecule has 1 aliphatic rings. The number of halogens is 1. The summed E-state index contributed by atoms with van der Waals surface area (Å²) in [4.78, 5) is 2.26. The van der Waals surface area contributed by atoms with Gasteiger partial charge < -0.3 is 10.0 Å². The zero-order chi connectivity index (χ0) is 14.8. The number of benzene rings is 1. The van der Waals surface area contributed by atoms with Gasteiger partial charge in [-0.2, -0.15) is 0 Å². The molecule has 20 heavy (non-hydrogen) atoms. The van der Waals surface area contributed by atoms with Crippen LogP contribution in [0.4, 0.5) is 10.1 Å². The summed E-state index contributed by atoms with van der Waals surface area (Å²) in [7, 11) is 0. The number of hydrogen-bond donors (Lipinski definition) is 1. The van der Waals surface area contributed by atoms with Crippen LogP contribution in [0.15, 0.2) is 18.2 Å². The molecular formula is C17H26FNO. The lowest BCUT2D eigenvalue weighted by molar-refractivity contribution is 0.220. The molecule has 1 aromatic rings. The maximum Gasteiger partial charge on any atom is 0.125 e. The molecule has 0 saturated carbocycles. The van der Waals surface area contributed by atoms with Crippen molar-refractivity contribution in [1.82, 2.24) is 0 Å². The van der Waals surface area contributed by atoms with Crippen LogP contribution in [-0.2, 0) is 6.61 Å². The molecule has 0 aromatic heterocycles. The van der Waals surface area contributed by atoms with Crippen LogP contribution in [0.1, 0.15) is 45.6 Å². The van der Waals surface area contributed by atoms with E-state index in [4.69, 9.17) is 0 Å². The highest BCUT2D eigenvalue weighted by Crippen LogP contribution is 2.35. The number of hydrogen-bond acceptors (Lipinski definition) is 2. The predicted molar refractivity (Wildman–Crippen MR) is 81.3 cm³/mol. The summed E-state index contributed by atoms with van der Waals surface area (Å²) in [5.74, 6) is 0.460. The third-order valence-electron chi connectivity index (χ3n) is 4.44. The van der Waals surface area contributed by atoms with Crippen molar-refractivity contribution in [2.75, 3.05) is 18.0 Å². The van der Waals surface area contributed by atoms with Gasteiger partial charge in [-0.1, -0.05) is 20.8 Å². The zero-order valence-electron chi connectivity index (χ0n) is 12.8. The fourth-order valence-corrected chi connectivity index (χ4v) is 3.13. The van der Waals surface area contributed by atoms with E-state index in [1.54, 1.807) is 6.07 Å². The largest absolute Gasteiger partial charge is 0.392 e. The van der Waals surface area contributed by atoms with Crippen molar-refractivity contribution in [3.05, 3.63) is 29.6 Å². The van der Waals surface area contributed by atoms with Crippen LogP contribution in [-0.4, -0.2) is 18.2 Å². The second-order valence-electron chi connectivity index (χ2n) is 6.96. The average molecular weight is 279 g/mol. The van der Waals surface area contributed by atoms with Crippen molar-refractivity contribution in [3.63, 3.8) is 0 Å². The summed E-state index contributed by atoms with van der Waals surface area (Å²) in [6.07, 6.45) is 3.53. The van der Waals surface area contributed by atoms with Gasteiger partial charge in [-0.3, -0.25) is 0 Å². The van der Waals surface area contributed by atoms with Gasteiger partial charge in [0.15, 0.2) is 0 Å². The molecule has 2 rings (SSSR count). The maximum atomic E-state index is 13.6. The number of aliphatic hydroxyl groups excluding tert-OH is 1. The Balaban J connectivity index is 2.12. The molecule has 1 heterocycles. The number of nitrogens with zero attached hydrogens (tertiary/aromatic N) is 1. The van der Waals surface area contributed by atoms with Gasteiger partial charge in [-0.25, -0.2) is 4.39 Å². The Kier molecular flexibility index (Phi) is 4.69. The fraction of sp³-hybridized carbons (Fsp3) is 0.647. The number of rotatable bonds is 2. The summed E-state index contributed by atoms with van der Waals surface area (Å²) in [6.45, 7) is 8.75. The second kappa shape index (κ2) is 6.13. The molecule has 1 fully saturated rings. The Labute approximate surface area is 121 Å². The summed E-state index contributed by atoms with van der Waals surface area (Å²) in [5.41, 5.74) is 1.90. The quantitative estimate of drug-likeness (QED) is 0.885. The summed E-state index contributed by atoms with van der Waals surface area (Å²) < 4.78 is 13.6. The minimum absolute atomic E-state index is 0.108. The highest BCUT2D eigenvalue weighted by atomic mass is 19.1. The van der Waals surface area contributed by atoms with E-state index in [0.717, 1.165) is 37.5 Å². The smallest absolute Gasteiger partial charge is 0.125 e. The van der Waals surface area contributed by atoms with E-state index in [-0.39, 0.29) is 12.4 Å². The van der Waals surface area contributed by atoms with E-state index in [1.165, 1.54) is 12.5 Å². The van der Waals surface area contributed by atoms with E-state index in [9.17, 15) is 9.50 Å². The van der Waals surface area contributed by atoms with Crippen LogP contribution >= 0.6 is 0 Å². The number of aliphatic hydroxyl groups is 1. The number of anilines is 1. The monoisotopic (exact) mass is 279 g/mol. The van der Waals surface area contributed by atoms with Crippen molar-refractivity contribution in [2.45, 2.75) is 46.6 Å². The molecule has 0 bridgehead atoms. The Morgan fingerprint density at radius 3 is 2.60 bits per heavy atom. The third kappa shape index (κ3) is 3.72. The van der Waals surface area contributed by atoms with Crippen LogP contribution in [0.5, 0.6) is 0 Å². The normalized spacial score (nSPS) is 20.9.